The molecule has 0 aliphatic carbocycles. The summed E-state index contributed by atoms with van der Waals surface area (Å²) >= 11 is 0. The van der Waals surface area contributed by atoms with Crippen LogP contribution in [0.15, 0.2) is 23.4 Å². The van der Waals surface area contributed by atoms with Gasteiger partial charge in [0.1, 0.15) is 6.21 Å². The Morgan fingerprint density at radius 1 is 1.50 bits per heavy atom. The van der Waals surface area contributed by atoms with Crippen molar-refractivity contribution >= 4 is 11.9 Å². The van der Waals surface area contributed by atoms with Crippen molar-refractivity contribution in [1.29, 1.82) is 0 Å². The van der Waals surface area contributed by atoms with Crippen LogP contribution in [0.5, 0.6) is 0 Å². The molecule has 10 heavy (non-hydrogen) atoms. The first kappa shape index (κ1) is 5.52. The second-order valence-electron chi connectivity index (χ2n) is 2.00. The van der Waals surface area contributed by atoms with Gasteiger partial charge in [-0.25, -0.2) is 10.2 Å². The van der Waals surface area contributed by atoms with Gasteiger partial charge in [0.15, 0.2) is 11.4 Å². The van der Waals surface area contributed by atoms with Crippen molar-refractivity contribution in [2.75, 3.05) is 0 Å². The van der Waals surface area contributed by atoms with Crippen molar-refractivity contribution in [3.05, 3.63) is 29.2 Å². The van der Waals surface area contributed by atoms with Gasteiger partial charge in [-0.05, 0) is 6.07 Å². The molecule has 2 rings (SSSR count). The predicted octanol–water partition coefficient (Wildman–Crippen LogP) is -0.557. The minimum atomic E-state index is -0.192. The Kier molecular flexibility index (Phi) is 1.03. The summed E-state index contributed by atoms with van der Waals surface area (Å²) in [5.74, 6) is 0. The fourth-order valence-electron chi connectivity index (χ4n) is 0.891. The van der Waals surface area contributed by atoms with Crippen molar-refractivity contribution in [3.8, 4) is 0 Å². The number of aromatic nitrogens is 1. The van der Waals surface area contributed by atoms with Gasteiger partial charge >= 0.3 is 0 Å². The van der Waals surface area contributed by atoms with E-state index in [1.165, 1.54) is 6.21 Å². The lowest BCUT2D eigenvalue weighted by Gasteiger charge is -2.08. The highest BCUT2D eigenvalue weighted by Crippen LogP contribution is 2.06. The number of quaternary nitrogens is 1. The lowest BCUT2D eigenvalue weighted by molar-refractivity contribution is -0.780. The SMILES string of the molecule is [O-][NH+]1N=Cc2ncccc21. The normalized spacial score (nSPS) is 21.1. The van der Waals surface area contributed by atoms with Crippen LogP contribution in [0.3, 0.4) is 0 Å². The monoisotopic (exact) mass is 135 g/mol. The first-order valence-electron chi connectivity index (χ1n) is 2.91. The highest BCUT2D eigenvalue weighted by Gasteiger charge is 2.13. The standard InChI is InChI=1S/C6H5N3O/c10-9-6-2-1-3-7-5(6)4-8-9/h1-4,9H. The van der Waals surface area contributed by atoms with Crippen molar-refractivity contribution in [1.82, 2.24) is 4.98 Å². The fourth-order valence-corrected chi connectivity index (χ4v) is 0.891. The molecule has 2 heterocycles. The summed E-state index contributed by atoms with van der Waals surface area (Å²) < 4.78 is 0. The number of pyridine rings is 1. The molecule has 0 saturated carbocycles. The second kappa shape index (κ2) is 1.86. The molecule has 4 nitrogen and oxygen atoms in total. The van der Waals surface area contributed by atoms with Gasteiger partial charge in [0.25, 0.3) is 0 Å². The average molecular weight is 135 g/mol. The number of fused-ring (bicyclic) bond motifs is 1. The summed E-state index contributed by atoms with van der Waals surface area (Å²) in [6, 6.07) is 3.45. The fraction of sp³-hybridized carbons (Fsp3) is 0. The van der Waals surface area contributed by atoms with Crippen LogP contribution in [0.2, 0.25) is 0 Å². The van der Waals surface area contributed by atoms with Gasteiger partial charge in [-0.2, -0.15) is 0 Å². The molecule has 1 unspecified atom stereocenters. The molecule has 0 amide bonds. The molecular formula is C6H5N3O. The molecule has 0 saturated heterocycles. The van der Waals surface area contributed by atoms with E-state index in [-0.39, 0.29) is 5.17 Å². The highest BCUT2D eigenvalue weighted by molar-refractivity contribution is 5.83. The molecule has 0 fully saturated rings. The zero-order valence-electron chi connectivity index (χ0n) is 5.11. The van der Waals surface area contributed by atoms with E-state index in [0.717, 1.165) is 0 Å². The van der Waals surface area contributed by atoms with Gasteiger partial charge in [-0.1, -0.05) is 5.10 Å². The second-order valence-corrected chi connectivity index (χ2v) is 2.00. The summed E-state index contributed by atoms with van der Waals surface area (Å²) in [6.45, 7) is 0. The van der Waals surface area contributed by atoms with Crippen LogP contribution in [0.4, 0.5) is 5.69 Å². The van der Waals surface area contributed by atoms with Crippen LogP contribution >= 0.6 is 0 Å². The summed E-state index contributed by atoms with van der Waals surface area (Å²) in [5.41, 5.74) is 1.27. The molecule has 0 radical (unpaired) electrons. The van der Waals surface area contributed by atoms with E-state index >= 15 is 0 Å². The van der Waals surface area contributed by atoms with Gasteiger partial charge < -0.3 is 5.21 Å². The Morgan fingerprint density at radius 3 is 3.20 bits per heavy atom. The van der Waals surface area contributed by atoms with E-state index in [4.69, 9.17) is 0 Å². The van der Waals surface area contributed by atoms with Crippen molar-refractivity contribution in [2.45, 2.75) is 0 Å². The molecule has 1 atom stereocenters. The highest BCUT2D eigenvalue weighted by atomic mass is 16.5. The van der Waals surface area contributed by atoms with E-state index in [1.807, 2.05) is 0 Å². The zero-order valence-corrected chi connectivity index (χ0v) is 5.11. The molecular weight excluding hydrogens is 130 g/mol. The first-order valence-corrected chi connectivity index (χ1v) is 2.91. The van der Waals surface area contributed by atoms with E-state index in [2.05, 4.69) is 10.1 Å². The number of hydrogen-bond donors (Lipinski definition) is 1. The quantitative estimate of drug-likeness (QED) is 0.485. The molecule has 0 bridgehead atoms. The van der Waals surface area contributed by atoms with Gasteiger partial charge in [0.2, 0.25) is 0 Å². The Morgan fingerprint density at radius 2 is 2.40 bits per heavy atom. The molecule has 4 heteroatoms. The smallest absolute Gasteiger partial charge is 0.185 e. The topological polar surface area (TPSA) is 52.8 Å². The van der Waals surface area contributed by atoms with Gasteiger partial charge in [-0.3, -0.25) is 0 Å². The van der Waals surface area contributed by atoms with Crippen LogP contribution in [0.25, 0.3) is 0 Å². The third-order valence-corrected chi connectivity index (χ3v) is 1.37. The molecule has 1 aromatic rings. The molecule has 1 aliphatic heterocycles. The third kappa shape index (κ3) is 0.632. The van der Waals surface area contributed by atoms with Gasteiger partial charge in [-0.15, -0.1) is 0 Å². The van der Waals surface area contributed by atoms with Crippen molar-refractivity contribution in [3.63, 3.8) is 0 Å². The summed E-state index contributed by atoms with van der Waals surface area (Å²) in [5, 5.41) is 14.2. The molecule has 1 aromatic heterocycles. The maximum absolute atomic E-state index is 10.8. The Labute approximate surface area is 57.4 Å². The molecule has 0 aromatic carbocycles. The predicted molar refractivity (Wildman–Crippen MR) is 35.8 cm³/mol. The lowest BCUT2D eigenvalue weighted by Crippen LogP contribution is -2.95. The largest absolute Gasteiger partial charge is 0.601 e. The molecule has 1 aliphatic rings. The molecule has 0 spiro atoms. The van der Waals surface area contributed by atoms with E-state index < -0.39 is 0 Å². The summed E-state index contributed by atoms with van der Waals surface area (Å²) in [4.78, 5) is 3.94. The summed E-state index contributed by atoms with van der Waals surface area (Å²) in [6.07, 6.45) is 3.13. The Hall–Kier alpha value is -1.26. The van der Waals surface area contributed by atoms with E-state index in [1.54, 1.807) is 18.3 Å². The van der Waals surface area contributed by atoms with Gasteiger partial charge in [0.05, 0.1) is 0 Å². The lowest BCUT2D eigenvalue weighted by atomic mass is 10.3. The zero-order chi connectivity index (χ0) is 6.97. The number of nitrogens with zero attached hydrogens (tertiary/aromatic N) is 2. The third-order valence-electron chi connectivity index (χ3n) is 1.37. The van der Waals surface area contributed by atoms with Crippen molar-refractivity contribution < 1.29 is 5.17 Å². The average Bonchev–Trinajstić information content (AvgIpc) is 2.34. The van der Waals surface area contributed by atoms with Crippen LogP contribution in [-0.2, 0) is 0 Å². The first-order chi connectivity index (χ1) is 4.88. The molecule has 50 valence electrons. The number of rotatable bonds is 0. The van der Waals surface area contributed by atoms with Crippen LogP contribution in [-0.4, -0.2) is 11.2 Å². The Balaban J connectivity index is 2.59. The number of nitrogens with one attached hydrogen (secondary N) is 1. The maximum Gasteiger partial charge on any atom is 0.185 e. The van der Waals surface area contributed by atoms with E-state index in [0.29, 0.717) is 11.4 Å². The Bertz CT molecular complexity index is 284. The van der Waals surface area contributed by atoms with Gasteiger partial charge in [0, 0.05) is 12.3 Å². The van der Waals surface area contributed by atoms with E-state index in [9.17, 15) is 5.21 Å². The minimum absolute atomic E-state index is 0.192. The van der Waals surface area contributed by atoms with Crippen LogP contribution in [0, 0.1) is 5.21 Å². The van der Waals surface area contributed by atoms with Crippen molar-refractivity contribution in [2.24, 2.45) is 5.10 Å². The maximum atomic E-state index is 10.8. The molecule has 1 N–H and O–H groups in total. The minimum Gasteiger partial charge on any atom is -0.601 e. The number of hydrogen-bond acceptors (Lipinski definition) is 3. The van der Waals surface area contributed by atoms with Crippen LogP contribution in [0.1, 0.15) is 5.69 Å². The summed E-state index contributed by atoms with van der Waals surface area (Å²) in [7, 11) is 0. The van der Waals surface area contributed by atoms with Crippen LogP contribution < -0.4 is 5.17 Å².